The summed E-state index contributed by atoms with van der Waals surface area (Å²) in [4.78, 5) is 23.5. The molecule has 0 aromatic heterocycles. The molecule has 1 aliphatic carbocycles. The first-order valence-corrected chi connectivity index (χ1v) is 14.4. The molecule has 8 heteroatoms. The van der Waals surface area contributed by atoms with E-state index in [0.717, 1.165) is 38.2 Å². The highest BCUT2D eigenvalue weighted by molar-refractivity contribution is 5.76. The van der Waals surface area contributed by atoms with Crippen LogP contribution in [-0.2, 0) is 27.0 Å². The summed E-state index contributed by atoms with van der Waals surface area (Å²) in [5.41, 5.74) is 2.41. The minimum Gasteiger partial charge on any atom is -0.481 e. The fourth-order valence-corrected chi connectivity index (χ4v) is 5.56. The van der Waals surface area contributed by atoms with Gasteiger partial charge in [0.05, 0.1) is 12.1 Å². The molecule has 0 bridgehead atoms. The van der Waals surface area contributed by atoms with Crippen LogP contribution < -0.4 is 10.6 Å². The fraction of sp³-hybridized carbons (Fsp3) is 0.562. The second-order valence-corrected chi connectivity index (χ2v) is 12.2. The van der Waals surface area contributed by atoms with Gasteiger partial charge >= 0.3 is 5.97 Å². The van der Waals surface area contributed by atoms with Crippen LogP contribution in [0.3, 0.4) is 0 Å². The first-order valence-electron chi connectivity index (χ1n) is 14.4. The van der Waals surface area contributed by atoms with Gasteiger partial charge in [0.25, 0.3) is 0 Å². The minimum atomic E-state index is -1.03. The van der Waals surface area contributed by atoms with Gasteiger partial charge in [-0.3, -0.25) is 9.59 Å². The maximum atomic E-state index is 13.9. The molecule has 0 radical (unpaired) electrons. The number of nitrogens with one attached hydrogen (secondary N) is 2. The van der Waals surface area contributed by atoms with Gasteiger partial charge < -0.3 is 20.8 Å². The molecule has 0 spiro atoms. The number of carboxylic acid groups (broad SMARTS) is 1. The molecule has 2 aromatic rings. The van der Waals surface area contributed by atoms with Crippen LogP contribution in [0.15, 0.2) is 42.5 Å². The first-order chi connectivity index (χ1) is 18.9. The van der Waals surface area contributed by atoms with Crippen LogP contribution in [0.1, 0.15) is 95.2 Å². The number of carbonyl (C=O) groups is 2. The third-order valence-electron chi connectivity index (χ3n) is 7.87. The minimum absolute atomic E-state index is 0.00848. The molecule has 1 aliphatic rings. The highest BCUT2D eigenvalue weighted by atomic mass is 19.1. The molecule has 0 saturated heterocycles. The summed E-state index contributed by atoms with van der Waals surface area (Å²) in [6.45, 7) is 6.73. The van der Waals surface area contributed by atoms with Gasteiger partial charge in [0.1, 0.15) is 11.6 Å². The fourth-order valence-electron chi connectivity index (χ4n) is 5.56. The summed E-state index contributed by atoms with van der Waals surface area (Å²) in [6.07, 6.45) is 4.95. The van der Waals surface area contributed by atoms with Crippen molar-refractivity contribution in [1.82, 2.24) is 10.6 Å². The molecule has 1 fully saturated rings. The maximum absolute atomic E-state index is 13.9. The van der Waals surface area contributed by atoms with Crippen LogP contribution >= 0.6 is 0 Å². The number of aliphatic hydroxyl groups is 1. The molecule has 6 nitrogen and oxygen atoms in total. The summed E-state index contributed by atoms with van der Waals surface area (Å²) in [5, 5.41) is 26.6. The van der Waals surface area contributed by atoms with Gasteiger partial charge in [-0.2, -0.15) is 0 Å². The Morgan fingerprint density at radius 2 is 1.62 bits per heavy atom. The third kappa shape index (κ3) is 9.37. The standard InChI is InChI=1S/C32H44F2N2O4/c1-31(2,3)23-10-9-11-24(19-23)32(14-7-4-8-15-32)35-21-28(37)27(18-22-16-25(33)20-26(34)17-22)36-29(38)12-5-6-13-30(39)40/h9-11,16-17,19-20,27-28,35,37H,4-8,12-15,18,21H2,1-3H3,(H,36,38)(H,39,40)/t27-,28+/m0/s1. The smallest absolute Gasteiger partial charge is 0.303 e. The number of aliphatic carboxylic acids is 1. The number of amides is 1. The highest BCUT2D eigenvalue weighted by Gasteiger charge is 2.35. The van der Waals surface area contributed by atoms with E-state index < -0.39 is 29.7 Å². The van der Waals surface area contributed by atoms with Crippen LogP contribution in [0, 0.1) is 11.6 Å². The Kier molecular flexibility index (Phi) is 11.2. The van der Waals surface area contributed by atoms with E-state index in [1.54, 1.807) is 0 Å². The molecule has 4 N–H and O–H groups in total. The number of rotatable bonds is 13. The quantitative estimate of drug-likeness (QED) is 0.235. The van der Waals surface area contributed by atoms with E-state index in [-0.39, 0.29) is 42.7 Å². The molecule has 1 amide bonds. The van der Waals surface area contributed by atoms with E-state index in [4.69, 9.17) is 5.11 Å². The molecular weight excluding hydrogens is 514 g/mol. The van der Waals surface area contributed by atoms with Crippen LogP contribution in [0.25, 0.3) is 0 Å². The second-order valence-electron chi connectivity index (χ2n) is 12.2. The van der Waals surface area contributed by atoms with E-state index in [1.165, 1.54) is 23.3 Å². The largest absolute Gasteiger partial charge is 0.481 e. The molecule has 40 heavy (non-hydrogen) atoms. The lowest BCUT2D eigenvalue weighted by molar-refractivity contribution is -0.137. The number of carbonyl (C=O) groups excluding carboxylic acids is 1. The zero-order valence-electron chi connectivity index (χ0n) is 23.9. The maximum Gasteiger partial charge on any atom is 0.303 e. The van der Waals surface area contributed by atoms with Crippen molar-refractivity contribution in [2.75, 3.05) is 6.54 Å². The van der Waals surface area contributed by atoms with Crippen molar-refractivity contribution in [3.8, 4) is 0 Å². The lowest BCUT2D eigenvalue weighted by atomic mass is 9.74. The monoisotopic (exact) mass is 558 g/mol. The molecule has 220 valence electrons. The van der Waals surface area contributed by atoms with Gasteiger partial charge in [0, 0.05) is 31.0 Å². The van der Waals surface area contributed by atoms with Crippen LogP contribution in [-0.4, -0.2) is 40.8 Å². The molecule has 2 aromatic carbocycles. The lowest BCUT2D eigenvalue weighted by Crippen LogP contribution is -2.53. The van der Waals surface area contributed by atoms with Gasteiger partial charge in [0.2, 0.25) is 5.91 Å². The van der Waals surface area contributed by atoms with Gasteiger partial charge in [-0.15, -0.1) is 0 Å². The zero-order chi connectivity index (χ0) is 29.3. The van der Waals surface area contributed by atoms with Crippen molar-refractivity contribution in [2.24, 2.45) is 0 Å². The number of halogens is 2. The Morgan fingerprint density at radius 1 is 0.975 bits per heavy atom. The molecule has 0 unspecified atom stereocenters. The Labute approximate surface area is 236 Å². The van der Waals surface area contributed by atoms with Crippen molar-refractivity contribution in [2.45, 2.75) is 108 Å². The molecule has 1 saturated carbocycles. The molecule has 2 atom stereocenters. The van der Waals surface area contributed by atoms with Gasteiger partial charge in [0.15, 0.2) is 0 Å². The average Bonchev–Trinajstić information content (AvgIpc) is 2.89. The molecule has 0 heterocycles. The Bertz CT molecular complexity index is 1120. The number of carboxylic acids is 1. The van der Waals surface area contributed by atoms with Gasteiger partial charge in [-0.1, -0.05) is 64.3 Å². The Balaban J connectivity index is 1.78. The Morgan fingerprint density at radius 3 is 2.25 bits per heavy atom. The van der Waals surface area contributed by atoms with Crippen molar-refractivity contribution in [3.05, 3.63) is 70.8 Å². The van der Waals surface area contributed by atoms with Crippen LogP contribution in [0.5, 0.6) is 0 Å². The van der Waals surface area contributed by atoms with E-state index in [9.17, 15) is 23.5 Å². The SMILES string of the molecule is CC(C)(C)c1cccc(C2(NC[C@@H](O)[C@H](Cc3cc(F)cc(F)c3)NC(=O)CCCCC(=O)O)CCCCC2)c1. The predicted octanol–water partition coefficient (Wildman–Crippen LogP) is 5.74. The van der Waals surface area contributed by atoms with Crippen molar-refractivity contribution in [1.29, 1.82) is 0 Å². The summed E-state index contributed by atoms with van der Waals surface area (Å²) >= 11 is 0. The third-order valence-corrected chi connectivity index (χ3v) is 7.87. The van der Waals surface area contributed by atoms with Crippen molar-refractivity contribution >= 4 is 11.9 Å². The topological polar surface area (TPSA) is 98.7 Å². The number of benzene rings is 2. The normalized spacial score (nSPS) is 16.8. The number of aliphatic hydroxyl groups excluding tert-OH is 1. The molecular formula is C32H44F2N2O4. The zero-order valence-corrected chi connectivity index (χ0v) is 23.9. The van der Waals surface area contributed by atoms with E-state index in [2.05, 4.69) is 55.7 Å². The Hall–Kier alpha value is -2.84. The van der Waals surface area contributed by atoms with Crippen molar-refractivity contribution in [3.63, 3.8) is 0 Å². The summed E-state index contributed by atoms with van der Waals surface area (Å²) < 4.78 is 27.8. The first kappa shape index (κ1) is 31.7. The number of hydrogen-bond acceptors (Lipinski definition) is 4. The molecule has 3 rings (SSSR count). The summed E-state index contributed by atoms with van der Waals surface area (Å²) in [5.74, 6) is -2.70. The highest BCUT2D eigenvalue weighted by Crippen LogP contribution is 2.38. The van der Waals surface area contributed by atoms with Gasteiger partial charge in [-0.05, 0) is 66.3 Å². The average molecular weight is 559 g/mol. The van der Waals surface area contributed by atoms with Crippen molar-refractivity contribution < 1.29 is 28.6 Å². The number of hydrogen-bond donors (Lipinski definition) is 4. The molecule has 0 aliphatic heterocycles. The lowest BCUT2D eigenvalue weighted by Gasteiger charge is -2.41. The van der Waals surface area contributed by atoms with Gasteiger partial charge in [-0.25, -0.2) is 8.78 Å². The van der Waals surface area contributed by atoms with E-state index >= 15 is 0 Å². The predicted molar refractivity (Wildman–Crippen MR) is 152 cm³/mol. The van der Waals surface area contributed by atoms with E-state index in [0.29, 0.717) is 18.4 Å². The number of unbranched alkanes of at least 4 members (excludes halogenated alkanes) is 1. The van der Waals surface area contributed by atoms with Crippen LogP contribution in [0.2, 0.25) is 0 Å². The summed E-state index contributed by atoms with van der Waals surface area (Å²) in [6, 6.07) is 11.0. The van der Waals surface area contributed by atoms with E-state index in [1.807, 2.05) is 0 Å². The van der Waals surface area contributed by atoms with Crippen LogP contribution in [0.4, 0.5) is 8.78 Å². The second kappa shape index (κ2) is 14.2. The summed E-state index contributed by atoms with van der Waals surface area (Å²) in [7, 11) is 0.